The molecule has 0 bridgehead atoms. The van der Waals surface area contributed by atoms with E-state index in [1.807, 2.05) is 0 Å². The van der Waals surface area contributed by atoms with Gasteiger partial charge >= 0.3 is 0 Å². The Hall–Kier alpha value is -0.993. The third-order valence-electron chi connectivity index (χ3n) is 6.58. The first-order valence-corrected chi connectivity index (χ1v) is 12.8. The molecule has 0 amide bonds. The Morgan fingerprint density at radius 1 is 1.00 bits per heavy atom. The Labute approximate surface area is 165 Å². The van der Waals surface area contributed by atoms with Crippen molar-refractivity contribution in [2.24, 2.45) is 0 Å². The van der Waals surface area contributed by atoms with E-state index in [1.165, 1.54) is 43.1 Å². The molecule has 0 spiro atoms. The van der Waals surface area contributed by atoms with Crippen LogP contribution < -0.4 is 4.43 Å². The van der Waals surface area contributed by atoms with Crippen molar-refractivity contribution in [2.45, 2.75) is 83.3 Å². The van der Waals surface area contributed by atoms with Crippen molar-refractivity contribution in [1.82, 2.24) is 0 Å². The Morgan fingerprint density at radius 3 is 2.27 bits per heavy atom. The first-order chi connectivity index (χ1) is 12.4. The topological polar surface area (TPSA) is 9.23 Å². The van der Waals surface area contributed by atoms with E-state index in [4.69, 9.17) is 16.0 Å². The molecule has 2 aromatic rings. The maximum atomic E-state index is 7.04. The van der Waals surface area contributed by atoms with Gasteiger partial charge in [0.15, 0.2) is 0 Å². The molecule has 1 fully saturated rings. The van der Waals surface area contributed by atoms with E-state index in [1.54, 1.807) is 0 Å². The van der Waals surface area contributed by atoms with E-state index in [-0.39, 0.29) is 0 Å². The van der Waals surface area contributed by atoms with Crippen LogP contribution in [0.3, 0.4) is 0 Å². The summed E-state index contributed by atoms with van der Waals surface area (Å²) < 4.78 is 7.04. The fourth-order valence-electron chi connectivity index (χ4n) is 5.13. The van der Waals surface area contributed by atoms with Crippen LogP contribution in [-0.4, -0.2) is 8.32 Å². The predicted octanol–water partition coefficient (Wildman–Crippen LogP) is 8.28. The van der Waals surface area contributed by atoms with Gasteiger partial charge in [-0.05, 0) is 47.8 Å². The molecule has 0 saturated carbocycles. The molecule has 3 heteroatoms. The van der Waals surface area contributed by atoms with Gasteiger partial charge in [-0.25, -0.2) is 0 Å². The molecule has 1 aliphatic heterocycles. The quantitative estimate of drug-likeness (QED) is 0.480. The van der Waals surface area contributed by atoms with E-state index in [9.17, 15) is 0 Å². The minimum absolute atomic E-state index is 0.579. The molecule has 1 nitrogen and oxygen atoms in total. The lowest BCUT2D eigenvalue weighted by molar-refractivity contribution is 0.428. The zero-order valence-electron chi connectivity index (χ0n) is 16.9. The van der Waals surface area contributed by atoms with Crippen LogP contribution in [0.1, 0.15) is 65.4 Å². The molecule has 2 aromatic carbocycles. The van der Waals surface area contributed by atoms with Crippen LogP contribution in [0.5, 0.6) is 5.75 Å². The summed E-state index contributed by atoms with van der Waals surface area (Å²) in [5.74, 6) is 0.905. The number of aryl methyl sites for hydroxylation is 1. The molecule has 2 atom stereocenters. The Morgan fingerprint density at radius 2 is 1.65 bits per heavy atom. The molecule has 0 radical (unpaired) electrons. The zero-order chi connectivity index (χ0) is 18.9. The molecule has 0 N–H and O–H groups in total. The molecule has 1 saturated heterocycles. The van der Waals surface area contributed by atoms with E-state index in [0.717, 1.165) is 16.2 Å². The lowest BCUT2D eigenvalue weighted by Crippen LogP contribution is -2.52. The summed E-state index contributed by atoms with van der Waals surface area (Å²) in [6, 6.07) is 10.7. The molecule has 0 aromatic heterocycles. The Bertz CT molecular complexity index is 758. The summed E-state index contributed by atoms with van der Waals surface area (Å²) in [4.78, 5) is 0. The second kappa shape index (κ2) is 7.94. The number of fused-ring (bicyclic) bond motifs is 1. The van der Waals surface area contributed by atoms with Gasteiger partial charge in [-0.15, -0.1) is 0 Å². The molecule has 0 aliphatic carbocycles. The molecule has 3 rings (SSSR count). The van der Waals surface area contributed by atoms with E-state index in [0.29, 0.717) is 16.6 Å². The smallest absolute Gasteiger partial charge is 0.259 e. The predicted molar refractivity (Wildman–Crippen MR) is 117 cm³/mol. The van der Waals surface area contributed by atoms with Gasteiger partial charge in [0.25, 0.3) is 8.32 Å². The van der Waals surface area contributed by atoms with E-state index in [2.05, 4.69) is 65.0 Å². The van der Waals surface area contributed by atoms with Crippen LogP contribution in [0.4, 0.5) is 0 Å². The van der Waals surface area contributed by atoms with Gasteiger partial charge in [0, 0.05) is 5.39 Å². The fraction of sp³-hybridized carbons (Fsp3) is 0.565. The molecule has 2 unspecified atom stereocenters. The van der Waals surface area contributed by atoms with Gasteiger partial charge in [0.2, 0.25) is 0 Å². The summed E-state index contributed by atoms with van der Waals surface area (Å²) in [6.45, 7) is 11.7. The van der Waals surface area contributed by atoms with E-state index >= 15 is 0 Å². The van der Waals surface area contributed by atoms with Crippen molar-refractivity contribution in [3.05, 3.63) is 40.9 Å². The fourth-order valence-corrected chi connectivity index (χ4v) is 11.2. The molecular weight excluding hydrogens is 356 g/mol. The van der Waals surface area contributed by atoms with Gasteiger partial charge in [0.05, 0.1) is 5.02 Å². The van der Waals surface area contributed by atoms with Crippen LogP contribution in [0.25, 0.3) is 10.8 Å². The Kier molecular flexibility index (Phi) is 6.03. The molecular formula is C23H33ClOSi. The lowest BCUT2D eigenvalue weighted by Gasteiger charge is -2.46. The van der Waals surface area contributed by atoms with Crippen LogP contribution in [0, 0.1) is 6.92 Å². The third-order valence-corrected chi connectivity index (χ3v) is 13.0. The van der Waals surface area contributed by atoms with Crippen molar-refractivity contribution >= 4 is 30.7 Å². The zero-order valence-corrected chi connectivity index (χ0v) is 18.7. The molecule has 142 valence electrons. The van der Waals surface area contributed by atoms with Gasteiger partial charge < -0.3 is 4.43 Å². The van der Waals surface area contributed by atoms with Gasteiger partial charge in [-0.2, -0.15) is 0 Å². The number of rotatable bonds is 3. The number of hydrogen-bond donors (Lipinski definition) is 0. The second-order valence-corrected chi connectivity index (χ2v) is 14.1. The van der Waals surface area contributed by atoms with Crippen LogP contribution >= 0.6 is 11.6 Å². The SMILES string of the molecule is Cc1ccc2c(Cl)c(O[Si]3(C(C)C)C(C)CCCCCC3C)ccc2c1. The maximum absolute atomic E-state index is 7.04. The minimum atomic E-state index is -2.00. The van der Waals surface area contributed by atoms with Crippen molar-refractivity contribution in [2.75, 3.05) is 0 Å². The summed E-state index contributed by atoms with van der Waals surface area (Å²) in [5.41, 5.74) is 3.15. The second-order valence-electron chi connectivity index (χ2n) is 8.65. The Balaban J connectivity index is 2.06. The average molecular weight is 389 g/mol. The highest BCUT2D eigenvalue weighted by molar-refractivity contribution is 6.78. The van der Waals surface area contributed by atoms with Crippen LogP contribution in [0.15, 0.2) is 30.3 Å². The van der Waals surface area contributed by atoms with Gasteiger partial charge in [-0.3, -0.25) is 0 Å². The van der Waals surface area contributed by atoms with Gasteiger partial charge in [0.1, 0.15) is 5.75 Å². The average Bonchev–Trinajstić information content (AvgIpc) is 2.59. The molecule has 1 heterocycles. The highest BCUT2D eigenvalue weighted by Crippen LogP contribution is 2.49. The number of halogens is 1. The van der Waals surface area contributed by atoms with Crippen molar-refractivity contribution in [1.29, 1.82) is 0 Å². The van der Waals surface area contributed by atoms with Crippen molar-refractivity contribution in [3.8, 4) is 5.75 Å². The minimum Gasteiger partial charge on any atom is -0.542 e. The highest BCUT2D eigenvalue weighted by atomic mass is 35.5. The van der Waals surface area contributed by atoms with Crippen LogP contribution in [-0.2, 0) is 0 Å². The largest absolute Gasteiger partial charge is 0.542 e. The number of benzene rings is 2. The molecule has 1 aliphatic rings. The van der Waals surface area contributed by atoms with E-state index < -0.39 is 8.32 Å². The third kappa shape index (κ3) is 3.55. The van der Waals surface area contributed by atoms with Crippen LogP contribution in [0.2, 0.25) is 21.6 Å². The first kappa shape index (κ1) is 19.8. The first-order valence-electron chi connectivity index (χ1n) is 10.2. The monoisotopic (exact) mass is 388 g/mol. The van der Waals surface area contributed by atoms with Gasteiger partial charge in [-0.1, -0.05) is 88.4 Å². The number of hydrogen-bond acceptors (Lipinski definition) is 1. The molecule has 26 heavy (non-hydrogen) atoms. The maximum Gasteiger partial charge on any atom is 0.259 e. The normalized spacial score (nSPS) is 27.3. The summed E-state index contributed by atoms with van der Waals surface area (Å²) in [7, 11) is -2.00. The van der Waals surface area contributed by atoms with Crippen molar-refractivity contribution in [3.63, 3.8) is 0 Å². The standard InChI is InChI=1S/C23H33ClOSi/c1-16(2)26(18(4)9-7-6-8-10-19(26)5)25-22-14-12-20-15-17(3)11-13-21(20)23(22)24/h11-16,18-19H,6-10H2,1-5H3. The summed E-state index contributed by atoms with van der Waals surface area (Å²) in [5, 5.41) is 3.09. The lowest BCUT2D eigenvalue weighted by atomic mass is 10.1. The summed E-state index contributed by atoms with van der Waals surface area (Å²) >= 11 is 6.85. The highest BCUT2D eigenvalue weighted by Gasteiger charge is 2.50. The summed E-state index contributed by atoms with van der Waals surface area (Å²) in [6.07, 6.45) is 6.62. The van der Waals surface area contributed by atoms with Crippen molar-refractivity contribution < 1.29 is 4.43 Å².